The molecule has 2 N–H and O–H groups in total. The first-order chi connectivity index (χ1) is 11.6. The number of aromatic nitrogens is 4. The van der Waals surface area contributed by atoms with E-state index in [4.69, 9.17) is 9.84 Å². The van der Waals surface area contributed by atoms with E-state index in [1.165, 1.54) is 17.2 Å². The van der Waals surface area contributed by atoms with Gasteiger partial charge < -0.3 is 14.4 Å². The first-order valence-corrected chi connectivity index (χ1v) is 6.99. The van der Waals surface area contributed by atoms with Gasteiger partial charge in [0.25, 0.3) is 0 Å². The Labute approximate surface area is 135 Å². The van der Waals surface area contributed by atoms with Crippen molar-refractivity contribution in [1.29, 1.82) is 0 Å². The summed E-state index contributed by atoms with van der Waals surface area (Å²) in [6, 6.07) is 9.24. The monoisotopic (exact) mass is 327 g/mol. The highest BCUT2D eigenvalue weighted by Gasteiger charge is 2.14. The van der Waals surface area contributed by atoms with Gasteiger partial charge in [0, 0.05) is 0 Å². The van der Waals surface area contributed by atoms with Gasteiger partial charge in [-0.25, -0.2) is 19.7 Å². The Balaban J connectivity index is 1.71. The van der Waals surface area contributed by atoms with E-state index >= 15 is 0 Å². The van der Waals surface area contributed by atoms with Crippen molar-refractivity contribution in [3.8, 4) is 0 Å². The number of hydrogen-bond donors (Lipinski definition) is 2. The maximum Gasteiger partial charge on any atom is 0.413 e. The quantitative estimate of drug-likeness (QED) is 0.731. The number of amides is 1. The summed E-state index contributed by atoms with van der Waals surface area (Å²) < 4.78 is 6.46. The number of carbonyl (C=O) groups excluding carboxylic acids is 1. The van der Waals surface area contributed by atoms with Gasteiger partial charge in [-0.1, -0.05) is 30.3 Å². The Morgan fingerprint density at radius 3 is 2.71 bits per heavy atom. The van der Waals surface area contributed by atoms with Gasteiger partial charge in [0.1, 0.15) is 19.5 Å². The predicted molar refractivity (Wildman–Crippen MR) is 83.2 cm³/mol. The van der Waals surface area contributed by atoms with Crippen LogP contribution >= 0.6 is 0 Å². The highest BCUT2D eigenvalue weighted by molar-refractivity contribution is 5.93. The molecule has 0 saturated heterocycles. The number of carbonyl (C=O) groups is 2. The van der Waals surface area contributed by atoms with Crippen LogP contribution in [0.3, 0.4) is 0 Å². The van der Waals surface area contributed by atoms with Crippen molar-refractivity contribution in [2.75, 3.05) is 5.32 Å². The summed E-state index contributed by atoms with van der Waals surface area (Å²) in [6.45, 7) is -0.167. The molecule has 0 atom stereocenters. The van der Waals surface area contributed by atoms with Crippen LogP contribution in [0.2, 0.25) is 0 Å². The van der Waals surface area contributed by atoms with Crippen LogP contribution in [0.25, 0.3) is 11.2 Å². The van der Waals surface area contributed by atoms with Crippen molar-refractivity contribution in [2.24, 2.45) is 0 Å². The molecule has 0 aliphatic heterocycles. The van der Waals surface area contributed by atoms with Crippen molar-refractivity contribution in [3.63, 3.8) is 0 Å². The number of rotatable bonds is 5. The van der Waals surface area contributed by atoms with Gasteiger partial charge in [0.05, 0.1) is 6.33 Å². The van der Waals surface area contributed by atoms with Gasteiger partial charge in [-0.05, 0) is 5.56 Å². The van der Waals surface area contributed by atoms with E-state index in [1.807, 2.05) is 30.3 Å². The number of fused-ring (bicyclic) bond motifs is 1. The Kier molecular flexibility index (Phi) is 4.32. The zero-order chi connectivity index (χ0) is 16.9. The predicted octanol–water partition coefficient (Wildman–Crippen LogP) is 1.66. The fourth-order valence-electron chi connectivity index (χ4n) is 2.09. The minimum Gasteiger partial charge on any atom is -0.480 e. The maximum absolute atomic E-state index is 11.9. The summed E-state index contributed by atoms with van der Waals surface area (Å²) in [7, 11) is 0. The van der Waals surface area contributed by atoms with E-state index in [0.717, 1.165) is 5.56 Å². The lowest BCUT2D eigenvalue weighted by molar-refractivity contribution is -0.137. The number of carboxylic acids is 1. The Morgan fingerprint density at radius 2 is 1.96 bits per heavy atom. The second-order valence-electron chi connectivity index (χ2n) is 4.85. The number of imidazole rings is 1. The van der Waals surface area contributed by atoms with E-state index in [-0.39, 0.29) is 24.5 Å². The highest BCUT2D eigenvalue weighted by atomic mass is 16.5. The summed E-state index contributed by atoms with van der Waals surface area (Å²) in [5.41, 5.74) is 1.45. The standard InChI is InChI=1S/C15H13N5O4/c21-11(22)6-20-9-18-12-13(16-8-17-14(12)20)19-15(23)24-7-10-4-2-1-3-5-10/h1-5,8-9H,6-7H2,(H,21,22)(H,16,17,19,23). The third kappa shape index (κ3) is 3.46. The molecule has 24 heavy (non-hydrogen) atoms. The SMILES string of the molecule is O=C(O)Cn1cnc2c(NC(=O)OCc3ccccc3)ncnc21. The number of benzene rings is 1. The number of carboxylic acid groups (broad SMARTS) is 1. The van der Waals surface area contributed by atoms with Crippen LogP contribution in [-0.4, -0.2) is 36.7 Å². The van der Waals surface area contributed by atoms with E-state index in [0.29, 0.717) is 5.65 Å². The Hall–Kier alpha value is -3.49. The second kappa shape index (κ2) is 6.73. The van der Waals surface area contributed by atoms with Crippen LogP contribution in [0.15, 0.2) is 43.0 Å². The molecule has 0 aliphatic rings. The lowest BCUT2D eigenvalue weighted by Gasteiger charge is -2.07. The van der Waals surface area contributed by atoms with Gasteiger partial charge in [-0.3, -0.25) is 10.1 Å². The third-order valence-corrected chi connectivity index (χ3v) is 3.14. The molecule has 0 fully saturated rings. The second-order valence-corrected chi connectivity index (χ2v) is 4.85. The molecule has 0 bridgehead atoms. The summed E-state index contributed by atoms with van der Waals surface area (Å²) >= 11 is 0. The summed E-state index contributed by atoms with van der Waals surface area (Å²) in [4.78, 5) is 34.7. The van der Waals surface area contributed by atoms with Gasteiger partial charge in [-0.2, -0.15) is 0 Å². The molecule has 3 aromatic rings. The molecule has 0 radical (unpaired) electrons. The zero-order valence-corrected chi connectivity index (χ0v) is 12.4. The minimum absolute atomic E-state index is 0.119. The average Bonchev–Trinajstić information content (AvgIpc) is 2.97. The lowest BCUT2D eigenvalue weighted by Crippen LogP contribution is -2.15. The summed E-state index contributed by atoms with van der Waals surface area (Å²) in [5, 5.41) is 11.3. The van der Waals surface area contributed by atoms with Crippen molar-refractivity contribution in [3.05, 3.63) is 48.5 Å². The number of hydrogen-bond acceptors (Lipinski definition) is 6. The third-order valence-electron chi connectivity index (χ3n) is 3.14. The number of ether oxygens (including phenoxy) is 1. The summed E-state index contributed by atoms with van der Waals surface area (Å²) in [5.74, 6) is -0.869. The molecule has 1 aromatic carbocycles. The van der Waals surface area contributed by atoms with E-state index < -0.39 is 12.1 Å². The minimum atomic E-state index is -1.02. The largest absolute Gasteiger partial charge is 0.480 e. The van der Waals surface area contributed by atoms with Crippen LogP contribution < -0.4 is 5.32 Å². The van der Waals surface area contributed by atoms with Crippen molar-refractivity contribution in [2.45, 2.75) is 13.2 Å². The maximum atomic E-state index is 11.9. The number of anilines is 1. The van der Waals surface area contributed by atoms with Gasteiger partial charge in [0.15, 0.2) is 17.0 Å². The van der Waals surface area contributed by atoms with Gasteiger partial charge in [0.2, 0.25) is 0 Å². The van der Waals surface area contributed by atoms with Crippen LogP contribution in [0.1, 0.15) is 5.56 Å². The highest BCUT2D eigenvalue weighted by Crippen LogP contribution is 2.17. The molecular formula is C15H13N5O4. The number of aliphatic carboxylic acids is 1. The van der Waals surface area contributed by atoms with E-state index in [1.54, 1.807) is 0 Å². The molecule has 9 nitrogen and oxygen atoms in total. The first kappa shape index (κ1) is 15.4. The summed E-state index contributed by atoms with van der Waals surface area (Å²) in [6.07, 6.45) is 1.86. The van der Waals surface area contributed by atoms with Crippen molar-refractivity contribution < 1.29 is 19.4 Å². The molecular weight excluding hydrogens is 314 g/mol. The van der Waals surface area contributed by atoms with Crippen molar-refractivity contribution in [1.82, 2.24) is 19.5 Å². The van der Waals surface area contributed by atoms with E-state index in [9.17, 15) is 9.59 Å². The normalized spacial score (nSPS) is 10.5. The molecule has 0 saturated carbocycles. The zero-order valence-electron chi connectivity index (χ0n) is 12.4. The topological polar surface area (TPSA) is 119 Å². The molecule has 2 heterocycles. The lowest BCUT2D eigenvalue weighted by atomic mass is 10.2. The molecule has 9 heteroatoms. The van der Waals surface area contributed by atoms with E-state index in [2.05, 4.69) is 20.3 Å². The van der Waals surface area contributed by atoms with Crippen LogP contribution in [0.5, 0.6) is 0 Å². The fourth-order valence-corrected chi connectivity index (χ4v) is 2.09. The van der Waals surface area contributed by atoms with Gasteiger partial charge in [-0.15, -0.1) is 0 Å². The van der Waals surface area contributed by atoms with Gasteiger partial charge >= 0.3 is 12.1 Å². The molecule has 0 spiro atoms. The molecule has 0 unspecified atom stereocenters. The van der Waals surface area contributed by atoms with Crippen molar-refractivity contribution >= 4 is 29.0 Å². The average molecular weight is 327 g/mol. The molecule has 2 aromatic heterocycles. The molecule has 1 amide bonds. The fraction of sp³-hybridized carbons (Fsp3) is 0.133. The number of nitrogens with zero attached hydrogens (tertiary/aromatic N) is 4. The van der Waals surface area contributed by atoms with Crippen LogP contribution in [0.4, 0.5) is 10.6 Å². The van der Waals surface area contributed by atoms with Crippen LogP contribution in [-0.2, 0) is 22.7 Å². The Morgan fingerprint density at radius 1 is 1.17 bits per heavy atom. The molecule has 0 aliphatic carbocycles. The Bertz CT molecular complexity index is 878. The smallest absolute Gasteiger partial charge is 0.413 e. The number of nitrogens with one attached hydrogen (secondary N) is 1. The first-order valence-electron chi connectivity index (χ1n) is 6.99. The molecule has 3 rings (SSSR count). The van der Waals surface area contributed by atoms with Crippen LogP contribution in [0, 0.1) is 0 Å². The molecule has 122 valence electrons.